The molecule has 0 aliphatic carbocycles. The van der Waals surface area contributed by atoms with E-state index in [9.17, 15) is 4.39 Å². The van der Waals surface area contributed by atoms with Crippen molar-refractivity contribution in [2.75, 3.05) is 7.11 Å². The van der Waals surface area contributed by atoms with Gasteiger partial charge in [0.1, 0.15) is 6.17 Å². The first kappa shape index (κ1) is 9.21. The molecule has 0 saturated heterocycles. The summed E-state index contributed by atoms with van der Waals surface area (Å²) >= 11 is 0. The van der Waals surface area contributed by atoms with E-state index in [1.165, 1.54) is 13.2 Å². The molecule has 2 heteroatoms. The summed E-state index contributed by atoms with van der Waals surface area (Å²) in [5, 5.41) is 0. The molecule has 0 aliphatic heterocycles. The Kier molecular flexibility index (Phi) is 4.63. The quantitative estimate of drug-likeness (QED) is 0.435. The smallest absolute Gasteiger partial charge is 0.125 e. The lowest BCUT2D eigenvalue weighted by Crippen LogP contribution is -1.97. The Bertz CT molecular complexity index is 129. The maximum absolute atomic E-state index is 12.6. The number of methoxy groups -OCH3 is 1. The van der Waals surface area contributed by atoms with E-state index < -0.39 is 6.17 Å². The van der Waals surface area contributed by atoms with Crippen molar-refractivity contribution in [3.05, 3.63) is 24.5 Å². The van der Waals surface area contributed by atoms with Gasteiger partial charge in [-0.2, -0.15) is 0 Å². The van der Waals surface area contributed by atoms with Crippen LogP contribution in [0.3, 0.4) is 0 Å². The van der Waals surface area contributed by atoms with Gasteiger partial charge < -0.3 is 4.74 Å². The number of halogens is 1. The second-order valence-electron chi connectivity index (χ2n) is 1.99. The molecule has 0 spiro atoms. The molecule has 0 aromatic rings. The van der Waals surface area contributed by atoms with Crippen LogP contribution in [0, 0.1) is 0 Å². The SMILES string of the molecule is C=C(CC(F)/C=C\C)OC. The second-order valence-corrected chi connectivity index (χ2v) is 1.99. The van der Waals surface area contributed by atoms with Crippen LogP contribution in [0.2, 0.25) is 0 Å². The molecule has 0 N–H and O–H groups in total. The summed E-state index contributed by atoms with van der Waals surface area (Å²) in [4.78, 5) is 0. The Morgan fingerprint density at radius 2 is 2.40 bits per heavy atom. The fourth-order valence-electron chi connectivity index (χ4n) is 0.578. The van der Waals surface area contributed by atoms with Crippen LogP contribution in [0.15, 0.2) is 24.5 Å². The maximum Gasteiger partial charge on any atom is 0.125 e. The van der Waals surface area contributed by atoms with Gasteiger partial charge in [-0.1, -0.05) is 18.7 Å². The van der Waals surface area contributed by atoms with E-state index in [1.807, 2.05) is 0 Å². The van der Waals surface area contributed by atoms with Crippen molar-refractivity contribution in [3.63, 3.8) is 0 Å². The van der Waals surface area contributed by atoms with Crippen LogP contribution >= 0.6 is 0 Å². The molecule has 1 atom stereocenters. The average Bonchev–Trinajstić information content (AvgIpc) is 1.88. The van der Waals surface area contributed by atoms with Gasteiger partial charge in [0.05, 0.1) is 12.9 Å². The van der Waals surface area contributed by atoms with Crippen LogP contribution in [-0.4, -0.2) is 13.3 Å². The van der Waals surface area contributed by atoms with Gasteiger partial charge in [0.25, 0.3) is 0 Å². The first-order valence-electron chi connectivity index (χ1n) is 3.19. The van der Waals surface area contributed by atoms with Gasteiger partial charge in [0.2, 0.25) is 0 Å². The molecule has 0 heterocycles. The second kappa shape index (κ2) is 5.03. The van der Waals surface area contributed by atoms with Crippen LogP contribution in [0.4, 0.5) is 4.39 Å². The standard InChI is InChI=1S/C8H13FO/c1-4-5-8(9)6-7(2)10-3/h4-5,8H,2,6H2,1,3H3/b5-4-. The van der Waals surface area contributed by atoms with Crippen LogP contribution in [-0.2, 0) is 4.74 Å². The number of allylic oxidation sites excluding steroid dienone is 3. The van der Waals surface area contributed by atoms with Crippen LogP contribution < -0.4 is 0 Å². The fourth-order valence-corrected chi connectivity index (χ4v) is 0.578. The van der Waals surface area contributed by atoms with Gasteiger partial charge in [-0.25, -0.2) is 4.39 Å². The van der Waals surface area contributed by atoms with Crippen molar-refractivity contribution in [3.8, 4) is 0 Å². The average molecular weight is 144 g/mol. The first-order valence-corrected chi connectivity index (χ1v) is 3.19. The molecule has 1 nitrogen and oxygen atoms in total. The van der Waals surface area contributed by atoms with E-state index in [2.05, 4.69) is 6.58 Å². The van der Waals surface area contributed by atoms with E-state index in [0.29, 0.717) is 5.76 Å². The molecule has 0 aliphatic rings. The molecular weight excluding hydrogens is 131 g/mol. The van der Waals surface area contributed by atoms with Crippen LogP contribution in [0.1, 0.15) is 13.3 Å². The molecule has 0 aromatic carbocycles. The third-order valence-corrected chi connectivity index (χ3v) is 1.11. The summed E-state index contributed by atoms with van der Waals surface area (Å²) in [5.74, 6) is 0.477. The molecule has 0 amide bonds. The van der Waals surface area contributed by atoms with Crippen molar-refractivity contribution in [2.45, 2.75) is 19.5 Å². The minimum atomic E-state index is -0.961. The summed E-state index contributed by atoms with van der Waals surface area (Å²) in [6.45, 7) is 5.28. The topological polar surface area (TPSA) is 9.23 Å². The van der Waals surface area contributed by atoms with Crippen molar-refractivity contribution < 1.29 is 9.13 Å². The third kappa shape index (κ3) is 4.13. The molecule has 0 rings (SSSR count). The summed E-state index contributed by atoms with van der Waals surface area (Å²) < 4.78 is 17.3. The Hall–Kier alpha value is -0.790. The highest BCUT2D eigenvalue weighted by molar-refractivity contribution is 4.94. The lowest BCUT2D eigenvalue weighted by Gasteiger charge is -2.04. The largest absolute Gasteiger partial charge is 0.502 e. The van der Waals surface area contributed by atoms with Gasteiger partial charge >= 0.3 is 0 Å². The molecule has 0 aromatic heterocycles. The van der Waals surface area contributed by atoms with Crippen molar-refractivity contribution in [1.82, 2.24) is 0 Å². The summed E-state index contributed by atoms with van der Waals surface area (Å²) in [7, 11) is 1.49. The van der Waals surface area contributed by atoms with Crippen LogP contribution in [0.25, 0.3) is 0 Å². The summed E-state index contributed by atoms with van der Waals surface area (Å²) in [6, 6.07) is 0. The summed E-state index contributed by atoms with van der Waals surface area (Å²) in [6.07, 6.45) is 2.44. The van der Waals surface area contributed by atoms with E-state index in [1.54, 1.807) is 13.0 Å². The van der Waals surface area contributed by atoms with Gasteiger partial charge in [0.15, 0.2) is 0 Å². The molecular formula is C8H13FO. The lowest BCUT2D eigenvalue weighted by molar-refractivity contribution is 0.252. The van der Waals surface area contributed by atoms with E-state index in [4.69, 9.17) is 4.74 Å². The predicted molar refractivity (Wildman–Crippen MR) is 40.5 cm³/mol. The van der Waals surface area contributed by atoms with Gasteiger partial charge in [-0.3, -0.25) is 0 Å². The van der Waals surface area contributed by atoms with Crippen molar-refractivity contribution >= 4 is 0 Å². The molecule has 10 heavy (non-hydrogen) atoms. The highest BCUT2D eigenvalue weighted by atomic mass is 19.1. The number of hydrogen-bond donors (Lipinski definition) is 0. The van der Waals surface area contributed by atoms with Gasteiger partial charge in [-0.15, -0.1) is 0 Å². The fraction of sp³-hybridized carbons (Fsp3) is 0.500. The molecule has 0 fully saturated rings. The molecule has 0 saturated carbocycles. The Balaban J connectivity index is 3.57. The van der Waals surface area contributed by atoms with Crippen molar-refractivity contribution in [1.29, 1.82) is 0 Å². The lowest BCUT2D eigenvalue weighted by atomic mass is 10.2. The van der Waals surface area contributed by atoms with E-state index >= 15 is 0 Å². The zero-order chi connectivity index (χ0) is 7.98. The maximum atomic E-state index is 12.6. The normalized spacial score (nSPS) is 13.5. The number of alkyl halides is 1. The van der Waals surface area contributed by atoms with E-state index in [0.717, 1.165) is 0 Å². The van der Waals surface area contributed by atoms with Crippen LogP contribution in [0.5, 0.6) is 0 Å². The third-order valence-electron chi connectivity index (χ3n) is 1.11. The minimum Gasteiger partial charge on any atom is -0.502 e. The molecule has 1 unspecified atom stereocenters. The highest BCUT2D eigenvalue weighted by Crippen LogP contribution is 2.07. The van der Waals surface area contributed by atoms with E-state index in [-0.39, 0.29) is 6.42 Å². The first-order chi connectivity index (χ1) is 4.70. The summed E-state index contributed by atoms with van der Waals surface area (Å²) in [5.41, 5.74) is 0. The molecule has 0 bridgehead atoms. The molecule has 58 valence electrons. The van der Waals surface area contributed by atoms with Gasteiger partial charge in [-0.05, 0) is 6.92 Å². The molecule has 0 radical (unpaired) electrons. The Morgan fingerprint density at radius 3 is 2.80 bits per heavy atom. The number of hydrogen-bond acceptors (Lipinski definition) is 1. The Labute approximate surface area is 61.2 Å². The zero-order valence-electron chi connectivity index (χ0n) is 6.43. The number of rotatable bonds is 4. The number of ether oxygens (including phenoxy) is 1. The monoisotopic (exact) mass is 144 g/mol. The predicted octanol–water partition coefficient (Wildman–Crippen LogP) is 2.45. The van der Waals surface area contributed by atoms with Gasteiger partial charge in [0, 0.05) is 6.42 Å². The highest BCUT2D eigenvalue weighted by Gasteiger charge is 2.02. The Morgan fingerprint density at radius 1 is 1.80 bits per heavy atom. The van der Waals surface area contributed by atoms with Crippen molar-refractivity contribution in [2.24, 2.45) is 0 Å². The minimum absolute atomic E-state index is 0.251. The zero-order valence-corrected chi connectivity index (χ0v) is 6.43.